The lowest BCUT2D eigenvalue weighted by Gasteiger charge is -2.29. The second kappa shape index (κ2) is 9.69. The molecular formula is C20H24ClFN2O3. The van der Waals surface area contributed by atoms with E-state index in [1.807, 2.05) is 32.0 Å². The Balaban J connectivity index is 0.00000261. The van der Waals surface area contributed by atoms with Crippen molar-refractivity contribution in [2.75, 3.05) is 18.5 Å². The second-order valence-corrected chi connectivity index (χ2v) is 6.39. The molecule has 0 spiro atoms. The fourth-order valence-electron chi connectivity index (χ4n) is 2.90. The van der Waals surface area contributed by atoms with Crippen LogP contribution in [-0.2, 0) is 16.1 Å². The topological polar surface area (TPSA) is 59.6 Å². The Bertz CT molecular complexity index is 788. The number of anilines is 1. The molecule has 1 heterocycles. The van der Waals surface area contributed by atoms with Crippen molar-refractivity contribution >= 4 is 24.0 Å². The van der Waals surface area contributed by atoms with E-state index in [0.717, 1.165) is 16.8 Å². The summed E-state index contributed by atoms with van der Waals surface area (Å²) in [7, 11) is 0. The third-order valence-corrected chi connectivity index (χ3v) is 4.35. The maximum atomic E-state index is 13.2. The molecule has 0 radical (unpaired) electrons. The fraction of sp³-hybridized carbons (Fsp3) is 0.350. The molecule has 1 aliphatic heterocycles. The van der Waals surface area contributed by atoms with E-state index < -0.39 is 0 Å². The van der Waals surface area contributed by atoms with Gasteiger partial charge in [0.15, 0.2) is 0 Å². The molecule has 0 bridgehead atoms. The zero-order chi connectivity index (χ0) is 18.5. The van der Waals surface area contributed by atoms with Crippen molar-refractivity contribution < 1.29 is 18.7 Å². The van der Waals surface area contributed by atoms with Gasteiger partial charge in [-0.25, -0.2) is 4.39 Å². The minimum atomic E-state index is -0.368. The monoisotopic (exact) mass is 394 g/mol. The average Bonchev–Trinajstić information content (AvgIpc) is 2.62. The van der Waals surface area contributed by atoms with Crippen LogP contribution in [-0.4, -0.2) is 31.2 Å². The molecule has 7 heteroatoms. The van der Waals surface area contributed by atoms with Gasteiger partial charge in [0.1, 0.15) is 24.2 Å². The highest BCUT2D eigenvalue weighted by Gasteiger charge is 2.28. The molecular weight excluding hydrogens is 371 g/mol. The maximum absolute atomic E-state index is 13.2. The average molecular weight is 395 g/mol. The fourth-order valence-corrected chi connectivity index (χ4v) is 2.90. The van der Waals surface area contributed by atoms with E-state index in [0.29, 0.717) is 18.9 Å². The summed E-state index contributed by atoms with van der Waals surface area (Å²) in [6.45, 7) is 5.34. The first-order chi connectivity index (χ1) is 12.5. The summed E-state index contributed by atoms with van der Waals surface area (Å²) in [6.07, 6.45) is -0.169. The molecule has 2 aromatic carbocycles. The summed E-state index contributed by atoms with van der Waals surface area (Å²) in [6, 6.07) is 11.4. The predicted molar refractivity (Wildman–Crippen MR) is 105 cm³/mol. The van der Waals surface area contributed by atoms with E-state index in [9.17, 15) is 9.18 Å². The predicted octanol–water partition coefficient (Wildman–Crippen LogP) is 3.45. The molecule has 3 rings (SSSR count). The summed E-state index contributed by atoms with van der Waals surface area (Å²) < 4.78 is 24.4. The normalized spacial score (nSPS) is 19.1. The van der Waals surface area contributed by atoms with Gasteiger partial charge in [-0.1, -0.05) is 12.1 Å². The Labute approximate surface area is 164 Å². The van der Waals surface area contributed by atoms with Crippen molar-refractivity contribution in [2.24, 2.45) is 0 Å². The molecule has 1 saturated heterocycles. The van der Waals surface area contributed by atoms with E-state index in [2.05, 4.69) is 10.6 Å². The number of halogens is 2. The highest BCUT2D eigenvalue weighted by atomic mass is 35.5. The lowest BCUT2D eigenvalue weighted by Crippen LogP contribution is -2.53. The molecule has 0 unspecified atom stereocenters. The Morgan fingerprint density at radius 1 is 1.33 bits per heavy atom. The van der Waals surface area contributed by atoms with Gasteiger partial charge in [-0.2, -0.15) is 0 Å². The van der Waals surface area contributed by atoms with Crippen LogP contribution >= 0.6 is 12.4 Å². The van der Waals surface area contributed by atoms with E-state index in [1.54, 1.807) is 12.1 Å². The van der Waals surface area contributed by atoms with Crippen molar-refractivity contribution in [3.63, 3.8) is 0 Å². The number of hydrogen-bond acceptors (Lipinski definition) is 4. The number of benzene rings is 2. The van der Waals surface area contributed by atoms with Crippen molar-refractivity contribution in [3.05, 3.63) is 59.4 Å². The quantitative estimate of drug-likeness (QED) is 0.815. The molecule has 2 atom stereocenters. The van der Waals surface area contributed by atoms with Gasteiger partial charge in [0.2, 0.25) is 5.91 Å². The van der Waals surface area contributed by atoms with Crippen molar-refractivity contribution in [1.29, 1.82) is 0 Å². The molecule has 27 heavy (non-hydrogen) atoms. The van der Waals surface area contributed by atoms with Crippen LogP contribution in [0.4, 0.5) is 10.1 Å². The van der Waals surface area contributed by atoms with Crippen LogP contribution in [0.1, 0.15) is 18.1 Å². The highest BCUT2D eigenvalue weighted by molar-refractivity contribution is 5.96. The second-order valence-electron chi connectivity index (χ2n) is 6.39. The van der Waals surface area contributed by atoms with Crippen LogP contribution in [0.2, 0.25) is 0 Å². The van der Waals surface area contributed by atoms with E-state index >= 15 is 0 Å². The Kier molecular flexibility index (Phi) is 7.59. The zero-order valence-electron chi connectivity index (χ0n) is 15.3. The lowest BCUT2D eigenvalue weighted by atomic mass is 10.1. The van der Waals surface area contributed by atoms with Crippen LogP contribution in [0.25, 0.3) is 0 Å². The number of nitrogens with one attached hydrogen (secondary N) is 2. The number of carbonyl (C=O) groups is 1. The maximum Gasteiger partial charge on any atom is 0.244 e. The first-order valence-electron chi connectivity index (χ1n) is 8.66. The molecule has 1 fully saturated rings. The summed E-state index contributed by atoms with van der Waals surface area (Å²) in [5.74, 6) is 0.265. The Hall–Kier alpha value is -2.15. The number of hydrogen-bond donors (Lipinski definition) is 2. The summed E-state index contributed by atoms with van der Waals surface area (Å²) in [5, 5.41) is 6.10. The summed E-state index contributed by atoms with van der Waals surface area (Å²) in [4.78, 5) is 12.4. The van der Waals surface area contributed by atoms with Crippen LogP contribution in [0.5, 0.6) is 5.75 Å². The van der Waals surface area contributed by atoms with Crippen LogP contribution in [0, 0.1) is 12.7 Å². The molecule has 0 aromatic heterocycles. The zero-order valence-corrected chi connectivity index (χ0v) is 16.1. The molecule has 2 N–H and O–H groups in total. The first kappa shape index (κ1) is 21.2. The van der Waals surface area contributed by atoms with Crippen LogP contribution in [0.3, 0.4) is 0 Å². The van der Waals surface area contributed by atoms with E-state index in [-0.39, 0.29) is 42.9 Å². The third kappa shape index (κ3) is 5.66. The number of rotatable bonds is 5. The largest absolute Gasteiger partial charge is 0.489 e. The number of carbonyl (C=O) groups excluding carboxylic acids is 1. The number of ether oxygens (including phenoxy) is 2. The van der Waals surface area contributed by atoms with Crippen LogP contribution < -0.4 is 15.4 Å². The third-order valence-electron chi connectivity index (χ3n) is 4.35. The lowest BCUT2D eigenvalue weighted by molar-refractivity contribution is -0.123. The molecule has 2 aromatic rings. The van der Waals surface area contributed by atoms with Gasteiger partial charge in [0.25, 0.3) is 0 Å². The minimum Gasteiger partial charge on any atom is -0.489 e. The Morgan fingerprint density at radius 3 is 2.85 bits per heavy atom. The van der Waals surface area contributed by atoms with E-state index in [4.69, 9.17) is 9.47 Å². The van der Waals surface area contributed by atoms with Gasteiger partial charge < -0.3 is 20.1 Å². The number of morpholine rings is 1. The summed E-state index contributed by atoms with van der Waals surface area (Å²) >= 11 is 0. The van der Waals surface area contributed by atoms with E-state index in [1.165, 1.54) is 12.1 Å². The Morgan fingerprint density at radius 2 is 2.15 bits per heavy atom. The van der Waals surface area contributed by atoms with Gasteiger partial charge in [-0.05, 0) is 55.3 Å². The molecule has 1 aliphatic rings. The first-order valence-corrected chi connectivity index (χ1v) is 8.66. The molecule has 1 amide bonds. The number of amides is 1. The number of aryl methyl sites for hydroxylation is 1. The SMILES string of the molecule is Cc1cc(OCc2cccc(F)c2)ccc1NC(=O)[C@H]1NCCO[C@@H]1C.Cl. The van der Waals surface area contributed by atoms with Crippen molar-refractivity contribution in [3.8, 4) is 5.75 Å². The van der Waals surface area contributed by atoms with Crippen molar-refractivity contribution in [2.45, 2.75) is 32.6 Å². The standard InChI is InChI=1S/C20H23FN2O3.ClH/c1-13-10-17(26-12-15-4-3-5-16(21)11-15)6-7-18(13)23-20(24)19-14(2)25-9-8-22-19;/h3-7,10-11,14,19,22H,8-9,12H2,1-2H3,(H,23,24);1H/t14-,19+;/m1./s1. The van der Waals surface area contributed by atoms with Gasteiger partial charge >= 0.3 is 0 Å². The highest BCUT2D eigenvalue weighted by Crippen LogP contribution is 2.23. The summed E-state index contributed by atoms with van der Waals surface area (Å²) in [5.41, 5.74) is 2.38. The van der Waals surface area contributed by atoms with Gasteiger partial charge in [-0.3, -0.25) is 4.79 Å². The molecule has 146 valence electrons. The van der Waals surface area contributed by atoms with Gasteiger partial charge in [0, 0.05) is 12.2 Å². The molecule has 5 nitrogen and oxygen atoms in total. The molecule has 0 aliphatic carbocycles. The smallest absolute Gasteiger partial charge is 0.244 e. The van der Waals surface area contributed by atoms with Crippen molar-refractivity contribution in [1.82, 2.24) is 5.32 Å². The van der Waals surface area contributed by atoms with Gasteiger partial charge in [-0.15, -0.1) is 12.4 Å². The van der Waals surface area contributed by atoms with Crippen LogP contribution in [0.15, 0.2) is 42.5 Å². The molecule has 0 saturated carbocycles. The minimum absolute atomic E-state index is 0. The van der Waals surface area contributed by atoms with Gasteiger partial charge in [0.05, 0.1) is 12.7 Å².